The Morgan fingerprint density at radius 1 is 1.42 bits per heavy atom. The molecule has 1 N–H and O–H groups in total. The van der Waals surface area contributed by atoms with Crippen molar-refractivity contribution in [2.75, 3.05) is 6.61 Å². The van der Waals surface area contributed by atoms with Crippen LogP contribution >= 0.6 is 11.6 Å². The Kier molecular flexibility index (Phi) is 3.57. The number of hydrogen-bond acceptors (Lipinski definition) is 1. The molecule has 0 saturated carbocycles. The molecule has 1 aromatic carbocycles. The zero-order valence-corrected chi connectivity index (χ0v) is 7.93. The predicted octanol–water partition coefficient (Wildman–Crippen LogP) is 2.44. The molecule has 0 atom stereocenters. The lowest BCUT2D eigenvalue weighted by molar-refractivity contribution is 0.299. The monoisotopic (exact) mass is 184 g/mol. The van der Waals surface area contributed by atoms with Gasteiger partial charge in [0.25, 0.3) is 0 Å². The molecule has 0 bridgehead atoms. The van der Waals surface area contributed by atoms with E-state index in [9.17, 15) is 0 Å². The van der Waals surface area contributed by atoms with Gasteiger partial charge < -0.3 is 5.11 Å². The van der Waals surface area contributed by atoms with Gasteiger partial charge in [-0.2, -0.15) is 0 Å². The number of rotatable bonds is 3. The normalized spacial score (nSPS) is 10.2. The fourth-order valence-electron chi connectivity index (χ4n) is 1.16. The molecular formula is C10H13ClO. The number of aliphatic hydroxyl groups excluding tert-OH is 1. The van der Waals surface area contributed by atoms with Crippen molar-refractivity contribution in [1.82, 2.24) is 0 Å². The summed E-state index contributed by atoms with van der Waals surface area (Å²) in [6.07, 6.45) is 1.64. The maximum atomic E-state index is 8.69. The van der Waals surface area contributed by atoms with E-state index in [1.807, 2.05) is 18.2 Å². The minimum Gasteiger partial charge on any atom is -0.396 e. The lowest BCUT2D eigenvalue weighted by atomic mass is 10.1. The van der Waals surface area contributed by atoms with Crippen LogP contribution in [0.5, 0.6) is 0 Å². The number of benzene rings is 1. The smallest absolute Gasteiger partial charge is 0.0471 e. The highest BCUT2D eigenvalue weighted by Crippen LogP contribution is 2.18. The van der Waals surface area contributed by atoms with Crippen molar-refractivity contribution in [3.8, 4) is 0 Å². The Bertz CT molecular complexity index is 258. The fourth-order valence-corrected chi connectivity index (χ4v) is 1.50. The molecule has 66 valence electrons. The summed E-state index contributed by atoms with van der Waals surface area (Å²) in [6, 6.07) is 5.96. The van der Waals surface area contributed by atoms with Gasteiger partial charge in [0, 0.05) is 11.6 Å². The minimum absolute atomic E-state index is 0.182. The SMILES string of the molecule is CCc1ccc(CCO)cc1Cl. The Morgan fingerprint density at radius 3 is 2.67 bits per heavy atom. The third-order valence-corrected chi connectivity index (χ3v) is 2.25. The van der Waals surface area contributed by atoms with Crippen molar-refractivity contribution >= 4 is 11.6 Å². The predicted molar refractivity (Wildman–Crippen MR) is 51.6 cm³/mol. The van der Waals surface area contributed by atoms with E-state index in [2.05, 4.69) is 6.92 Å². The molecule has 1 nitrogen and oxygen atoms in total. The molecule has 0 aliphatic rings. The first-order valence-electron chi connectivity index (χ1n) is 4.16. The van der Waals surface area contributed by atoms with Crippen molar-refractivity contribution in [2.24, 2.45) is 0 Å². The van der Waals surface area contributed by atoms with Crippen LogP contribution in [-0.2, 0) is 12.8 Å². The van der Waals surface area contributed by atoms with Gasteiger partial charge in [-0.15, -0.1) is 0 Å². The van der Waals surface area contributed by atoms with Crippen LogP contribution in [0.2, 0.25) is 5.02 Å². The van der Waals surface area contributed by atoms with E-state index in [4.69, 9.17) is 16.7 Å². The Labute approximate surface area is 78.0 Å². The molecule has 0 aromatic heterocycles. The first-order chi connectivity index (χ1) is 5.77. The summed E-state index contributed by atoms with van der Waals surface area (Å²) in [5, 5.41) is 9.50. The third kappa shape index (κ3) is 2.23. The number of hydrogen-bond donors (Lipinski definition) is 1. The van der Waals surface area contributed by atoms with Crippen LogP contribution in [0.3, 0.4) is 0 Å². The van der Waals surface area contributed by atoms with Gasteiger partial charge in [0.1, 0.15) is 0 Å². The van der Waals surface area contributed by atoms with E-state index in [0.29, 0.717) is 6.42 Å². The van der Waals surface area contributed by atoms with E-state index in [-0.39, 0.29) is 6.61 Å². The second kappa shape index (κ2) is 4.48. The van der Waals surface area contributed by atoms with Crippen molar-refractivity contribution in [1.29, 1.82) is 0 Å². The Morgan fingerprint density at radius 2 is 2.17 bits per heavy atom. The molecule has 0 amide bonds. The van der Waals surface area contributed by atoms with Crippen LogP contribution < -0.4 is 0 Å². The van der Waals surface area contributed by atoms with Crippen LogP contribution in [0, 0.1) is 0 Å². The standard InChI is InChI=1S/C10H13ClO/c1-2-9-4-3-8(5-6-12)7-10(9)11/h3-4,7,12H,2,5-6H2,1H3. The van der Waals surface area contributed by atoms with Gasteiger partial charge in [0.15, 0.2) is 0 Å². The average molecular weight is 185 g/mol. The minimum atomic E-state index is 0.182. The molecule has 0 aliphatic carbocycles. The second-order valence-corrected chi connectivity index (χ2v) is 3.16. The van der Waals surface area contributed by atoms with Crippen LogP contribution in [0.25, 0.3) is 0 Å². The molecule has 2 heteroatoms. The van der Waals surface area contributed by atoms with E-state index in [1.165, 1.54) is 5.56 Å². The summed E-state index contributed by atoms with van der Waals surface area (Å²) in [7, 11) is 0. The zero-order valence-electron chi connectivity index (χ0n) is 7.18. The summed E-state index contributed by atoms with van der Waals surface area (Å²) in [6.45, 7) is 2.26. The number of aryl methyl sites for hydroxylation is 1. The van der Waals surface area contributed by atoms with Crippen molar-refractivity contribution in [3.63, 3.8) is 0 Å². The third-order valence-electron chi connectivity index (χ3n) is 1.90. The molecule has 0 unspecified atom stereocenters. The number of aliphatic hydroxyl groups is 1. The van der Waals surface area contributed by atoms with E-state index >= 15 is 0 Å². The molecule has 0 heterocycles. The van der Waals surface area contributed by atoms with Crippen molar-refractivity contribution in [2.45, 2.75) is 19.8 Å². The lowest BCUT2D eigenvalue weighted by Crippen LogP contribution is -1.91. The van der Waals surface area contributed by atoms with Crippen LogP contribution in [0.15, 0.2) is 18.2 Å². The zero-order chi connectivity index (χ0) is 8.97. The van der Waals surface area contributed by atoms with Gasteiger partial charge >= 0.3 is 0 Å². The highest BCUT2D eigenvalue weighted by atomic mass is 35.5. The fraction of sp³-hybridized carbons (Fsp3) is 0.400. The maximum Gasteiger partial charge on any atom is 0.0471 e. The highest BCUT2D eigenvalue weighted by molar-refractivity contribution is 6.31. The molecule has 12 heavy (non-hydrogen) atoms. The number of halogens is 1. The molecule has 0 saturated heterocycles. The lowest BCUT2D eigenvalue weighted by Gasteiger charge is -2.03. The summed E-state index contributed by atoms with van der Waals surface area (Å²) >= 11 is 5.98. The van der Waals surface area contributed by atoms with Crippen LogP contribution in [0.4, 0.5) is 0 Å². The van der Waals surface area contributed by atoms with Gasteiger partial charge in [-0.25, -0.2) is 0 Å². The van der Waals surface area contributed by atoms with Crippen molar-refractivity contribution < 1.29 is 5.11 Å². The molecule has 1 aromatic rings. The largest absolute Gasteiger partial charge is 0.396 e. The summed E-state index contributed by atoms with van der Waals surface area (Å²) in [4.78, 5) is 0. The maximum absolute atomic E-state index is 8.69. The van der Waals surface area contributed by atoms with Gasteiger partial charge in [-0.05, 0) is 30.0 Å². The van der Waals surface area contributed by atoms with E-state index < -0.39 is 0 Å². The second-order valence-electron chi connectivity index (χ2n) is 2.75. The Balaban J connectivity index is 2.86. The quantitative estimate of drug-likeness (QED) is 0.765. The van der Waals surface area contributed by atoms with Gasteiger partial charge in [-0.3, -0.25) is 0 Å². The van der Waals surface area contributed by atoms with Crippen LogP contribution in [0.1, 0.15) is 18.1 Å². The first kappa shape index (κ1) is 9.56. The summed E-state index contributed by atoms with van der Waals surface area (Å²) in [5.41, 5.74) is 2.26. The highest BCUT2D eigenvalue weighted by Gasteiger charge is 1.98. The molecule has 0 radical (unpaired) electrons. The van der Waals surface area contributed by atoms with Gasteiger partial charge in [0.2, 0.25) is 0 Å². The van der Waals surface area contributed by atoms with E-state index in [1.54, 1.807) is 0 Å². The molecule has 0 spiro atoms. The summed E-state index contributed by atoms with van der Waals surface area (Å²) in [5.74, 6) is 0. The molecule has 0 fully saturated rings. The van der Waals surface area contributed by atoms with E-state index in [0.717, 1.165) is 17.0 Å². The molecular weight excluding hydrogens is 172 g/mol. The van der Waals surface area contributed by atoms with Gasteiger partial charge in [-0.1, -0.05) is 30.7 Å². The van der Waals surface area contributed by atoms with Crippen molar-refractivity contribution in [3.05, 3.63) is 34.3 Å². The first-order valence-corrected chi connectivity index (χ1v) is 4.54. The summed E-state index contributed by atoms with van der Waals surface area (Å²) < 4.78 is 0. The molecule has 0 aliphatic heterocycles. The topological polar surface area (TPSA) is 20.2 Å². The molecule has 1 rings (SSSR count). The average Bonchev–Trinajstić information content (AvgIpc) is 2.05. The Hall–Kier alpha value is -0.530. The van der Waals surface area contributed by atoms with Gasteiger partial charge in [0.05, 0.1) is 0 Å². The van der Waals surface area contributed by atoms with Crippen LogP contribution in [-0.4, -0.2) is 11.7 Å².